The molecular formula is C22H18BrN3O5. The molecule has 0 aromatic heterocycles. The van der Waals surface area contributed by atoms with Crippen molar-refractivity contribution in [3.63, 3.8) is 0 Å². The topological polar surface area (TPSA) is 103 Å². The Balaban J connectivity index is 1.46. The Morgan fingerprint density at radius 2 is 1.81 bits per heavy atom. The highest BCUT2D eigenvalue weighted by molar-refractivity contribution is 9.10. The van der Waals surface area contributed by atoms with Gasteiger partial charge < -0.3 is 9.47 Å². The van der Waals surface area contributed by atoms with Crippen molar-refractivity contribution in [1.82, 2.24) is 5.43 Å². The molecule has 0 saturated heterocycles. The van der Waals surface area contributed by atoms with Gasteiger partial charge in [-0.1, -0.05) is 40.2 Å². The molecule has 0 heterocycles. The third-order valence-corrected chi connectivity index (χ3v) is 4.47. The average Bonchev–Trinajstić information content (AvgIpc) is 2.77. The van der Waals surface area contributed by atoms with E-state index in [0.29, 0.717) is 18.1 Å². The number of nitrogens with zero attached hydrogens (tertiary/aromatic N) is 2. The summed E-state index contributed by atoms with van der Waals surface area (Å²) in [4.78, 5) is 22.0. The summed E-state index contributed by atoms with van der Waals surface area (Å²) in [6.07, 6.45) is 1.50. The lowest BCUT2D eigenvalue weighted by molar-refractivity contribution is -0.384. The third kappa shape index (κ3) is 7.23. The van der Waals surface area contributed by atoms with E-state index in [9.17, 15) is 14.9 Å². The van der Waals surface area contributed by atoms with Gasteiger partial charge in [-0.25, -0.2) is 5.43 Å². The Morgan fingerprint density at radius 3 is 2.55 bits per heavy atom. The molecule has 31 heavy (non-hydrogen) atoms. The number of benzene rings is 3. The first-order chi connectivity index (χ1) is 15.0. The van der Waals surface area contributed by atoms with Gasteiger partial charge in [-0.2, -0.15) is 5.10 Å². The van der Waals surface area contributed by atoms with E-state index in [1.165, 1.54) is 30.5 Å². The summed E-state index contributed by atoms with van der Waals surface area (Å²) < 4.78 is 12.1. The van der Waals surface area contributed by atoms with Gasteiger partial charge in [0.25, 0.3) is 11.6 Å². The van der Waals surface area contributed by atoms with Gasteiger partial charge in [0.05, 0.1) is 11.1 Å². The lowest BCUT2D eigenvalue weighted by Gasteiger charge is -2.07. The Labute approximate surface area is 186 Å². The van der Waals surface area contributed by atoms with Gasteiger partial charge in [0.15, 0.2) is 6.61 Å². The molecule has 0 radical (unpaired) electrons. The highest BCUT2D eigenvalue weighted by atomic mass is 79.9. The van der Waals surface area contributed by atoms with Gasteiger partial charge in [-0.15, -0.1) is 0 Å². The van der Waals surface area contributed by atoms with E-state index in [1.54, 1.807) is 6.07 Å². The SMILES string of the molecule is O=C(COc1ccc([N+](=O)[O-])cc1)N/N=C/c1cccc(OCc2cccc(Br)c2)c1. The Bertz CT molecular complexity index is 1090. The number of ether oxygens (including phenoxy) is 2. The van der Waals surface area contributed by atoms with Crippen molar-refractivity contribution in [1.29, 1.82) is 0 Å². The first-order valence-corrected chi connectivity index (χ1v) is 9.95. The van der Waals surface area contributed by atoms with Crippen LogP contribution in [-0.4, -0.2) is 23.7 Å². The molecule has 0 bridgehead atoms. The molecule has 0 atom stereocenters. The molecule has 0 aliphatic rings. The number of hydrogen-bond acceptors (Lipinski definition) is 6. The van der Waals surface area contributed by atoms with E-state index >= 15 is 0 Å². The van der Waals surface area contributed by atoms with Gasteiger partial charge >= 0.3 is 0 Å². The molecule has 9 heteroatoms. The van der Waals surface area contributed by atoms with Crippen molar-refractivity contribution < 1.29 is 19.2 Å². The monoisotopic (exact) mass is 483 g/mol. The zero-order valence-electron chi connectivity index (χ0n) is 16.2. The van der Waals surface area contributed by atoms with E-state index in [0.717, 1.165) is 15.6 Å². The Hall–Kier alpha value is -3.72. The zero-order chi connectivity index (χ0) is 22.1. The summed E-state index contributed by atoms with van der Waals surface area (Å²) in [6.45, 7) is 0.154. The van der Waals surface area contributed by atoms with Crippen LogP contribution in [0.15, 0.2) is 82.4 Å². The fraction of sp³-hybridized carbons (Fsp3) is 0.0909. The number of rotatable bonds is 9. The molecular weight excluding hydrogens is 466 g/mol. The molecule has 0 saturated carbocycles. The zero-order valence-corrected chi connectivity index (χ0v) is 17.8. The van der Waals surface area contributed by atoms with Crippen molar-refractivity contribution in [2.45, 2.75) is 6.61 Å². The molecule has 3 aromatic carbocycles. The van der Waals surface area contributed by atoms with Crippen molar-refractivity contribution >= 4 is 33.7 Å². The maximum absolute atomic E-state index is 11.8. The molecule has 1 amide bonds. The second kappa shape index (κ2) is 10.9. The number of non-ortho nitro benzene ring substituents is 1. The molecule has 0 fully saturated rings. The molecule has 0 aliphatic carbocycles. The lowest BCUT2D eigenvalue weighted by atomic mass is 10.2. The van der Waals surface area contributed by atoms with Gasteiger partial charge in [0.1, 0.15) is 18.1 Å². The number of halogens is 1. The number of nitro groups is 1. The van der Waals surface area contributed by atoms with Crippen molar-refractivity contribution in [2.75, 3.05) is 6.61 Å². The number of amides is 1. The van der Waals surface area contributed by atoms with Crippen LogP contribution in [-0.2, 0) is 11.4 Å². The molecule has 0 unspecified atom stereocenters. The van der Waals surface area contributed by atoms with Crippen LogP contribution in [0, 0.1) is 10.1 Å². The summed E-state index contributed by atoms with van der Waals surface area (Å²) in [5.74, 6) is 0.563. The fourth-order valence-corrected chi connectivity index (χ4v) is 2.95. The minimum absolute atomic E-state index is 0.0516. The van der Waals surface area contributed by atoms with Crippen LogP contribution >= 0.6 is 15.9 Å². The van der Waals surface area contributed by atoms with Gasteiger partial charge in [-0.05, 0) is 47.5 Å². The smallest absolute Gasteiger partial charge is 0.277 e. The van der Waals surface area contributed by atoms with Crippen molar-refractivity contribution in [2.24, 2.45) is 5.10 Å². The summed E-state index contributed by atoms with van der Waals surface area (Å²) >= 11 is 3.43. The molecule has 3 rings (SSSR count). The Kier molecular flexibility index (Phi) is 7.72. The maximum atomic E-state index is 11.8. The molecule has 8 nitrogen and oxygen atoms in total. The first-order valence-electron chi connectivity index (χ1n) is 9.16. The minimum atomic E-state index is -0.508. The van der Waals surface area contributed by atoms with Crippen molar-refractivity contribution in [3.05, 3.63) is 98.5 Å². The number of nitro benzene ring substituents is 1. The standard InChI is InChI=1S/C22H18BrN3O5/c23-18-5-1-4-17(11-18)14-30-21-6-2-3-16(12-21)13-24-25-22(27)15-31-20-9-7-19(8-10-20)26(28)29/h1-13H,14-15H2,(H,25,27)/b24-13+. The second-order valence-corrected chi connectivity index (χ2v) is 7.24. The molecule has 1 N–H and O–H groups in total. The van der Waals surface area contributed by atoms with Gasteiger partial charge in [0.2, 0.25) is 0 Å². The fourth-order valence-electron chi connectivity index (χ4n) is 2.50. The average molecular weight is 484 g/mol. The number of carbonyl (C=O) groups excluding carboxylic acids is 1. The third-order valence-electron chi connectivity index (χ3n) is 3.97. The number of carbonyl (C=O) groups is 1. The normalized spacial score (nSPS) is 10.6. The number of hydrogen-bond donors (Lipinski definition) is 1. The van der Waals surface area contributed by atoms with Gasteiger partial charge in [-0.3, -0.25) is 14.9 Å². The van der Waals surface area contributed by atoms with Crippen LogP contribution in [0.4, 0.5) is 5.69 Å². The first kappa shape index (κ1) is 22.0. The second-order valence-electron chi connectivity index (χ2n) is 6.32. The van der Waals surface area contributed by atoms with E-state index in [2.05, 4.69) is 26.5 Å². The predicted octanol–water partition coefficient (Wildman–Crippen LogP) is 4.47. The highest BCUT2D eigenvalue weighted by Gasteiger charge is 2.06. The maximum Gasteiger partial charge on any atom is 0.277 e. The summed E-state index contributed by atoms with van der Waals surface area (Å²) in [5.41, 5.74) is 4.10. The molecule has 0 aliphatic heterocycles. The quantitative estimate of drug-likeness (QED) is 0.274. The van der Waals surface area contributed by atoms with E-state index in [-0.39, 0.29) is 12.3 Å². The van der Waals surface area contributed by atoms with Crippen LogP contribution in [0.2, 0.25) is 0 Å². The highest BCUT2D eigenvalue weighted by Crippen LogP contribution is 2.18. The van der Waals surface area contributed by atoms with E-state index in [1.807, 2.05) is 42.5 Å². The van der Waals surface area contributed by atoms with E-state index in [4.69, 9.17) is 9.47 Å². The number of hydrazone groups is 1. The minimum Gasteiger partial charge on any atom is -0.489 e. The van der Waals surface area contributed by atoms with Crippen LogP contribution in [0.1, 0.15) is 11.1 Å². The largest absolute Gasteiger partial charge is 0.489 e. The van der Waals surface area contributed by atoms with Gasteiger partial charge in [0, 0.05) is 16.6 Å². The summed E-state index contributed by atoms with van der Waals surface area (Å²) in [5, 5.41) is 14.5. The number of nitrogens with one attached hydrogen (secondary N) is 1. The van der Waals surface area contributed by atoms with Crippen LogP contribution in [0.3, 0.4) is 0 Å². The van der Waals surface area contributed by atoms with Crippen LogP contribution in [0.25, 0.3) is 0 Å². The molecule has 158 valence electrons. The summed E-state index contributed by atoms with van der Waals surface area (Å²) in [7, 11) is 0. The molecule has 3 aromatic rings. The van der Waals surface area contributed by atoms with Crippen LogP contribution in [0.5, 0.6) is 11.5 Å². The lowest BCUT2D eigenvalue weighted by Crippen LogP contribution is -2.24. The predicted molar refractivity (Wildman–Crippen MR) is 119 cm³/mol. The van der Waals surface area contributed by atoms with E-state index < -0.39 is 10.8 Å². The summed E-state index contributed by atoms with van der Waals surface area (Å²) in [6, 6.07) is 20.6. The Morgan fingerprint density at radius 1 is 1.03 bits per heavy atom. The van der Waals surface area contributed by atoms with Crippen molar-refractivity contribution in [3.8, 4) is 11.5 Å². The van der Waals surface area contributed by atoms with Crippen LogP contribution < -0.4 is 14.9 Å². The molecule has 0 spiro atoms.